The molecule has 18 heavy (non-hydrogen) atoms. The predicted octanol–water partition coefficient (Wildman–Crippen LogP) is 2.08. The van der Waals surface area contributed by atoms with Crippen molar-refractivity contribution in [2.24, 2.45) is 0 Å². The molecule has 1 aliphatic heterocycles. The maximum absolute atomic E-state index is 11.8. The van der Waals surface area contributed by atoms with Gasteiger partial charge in [-0.25, -0.2) is 0 Å². The van der Waals surface area contributed by atoms with Crippen LogP contribution < -0.4 is 5.32 Å². The maximum Gasteiger partial charge on any atom is 0.245 e. The Hall–Kier alpha value is -1.06. The molecule has 1 aliphatic rings. The van der Waals surface area contributed by atoms with Crippen LogP contribution in [-0.2, 0) is 9.59 Å². The van der Waals surface area contributed by atoms with Gasteiger partial charge in [-0.05, 0) is 13.3 Å². The minimum absolute atomic E-state index is 0.0370. The highest BCUT2D eigenvalue weighted by molar-refractivity contribution is 5.94. The van der Waals surface area contributed by atoms with Crippen molar-refractivity contribution in [3.63, 3.8) is 0 Å². The van der Waals surface area contributed by atoms with E-state index in [1.54, 1.807) is 11.8 Å². The van der Waals surface area contributed by atoms with E-state index in [4.69, 9.17) is 0 Å². The Balaban J connectivity index is 2.10. The molecular weight excluding hydrogens is 228 g/mol. The first-order valence-electron chi connectivity index (χ1n) is 7.23. The van der Waals surface area contributed by atoms with Crippen LogP contribution in [0.15, 0.2) is 0 Å². The summed E-state index contributed by atoms with van der Waals surface area (Å²) in [7, 11) is 0. The molecule has 0 radical (unpaired) electrons. The van der Waals surface area contributed by atoms with E-state index in [9.17, 15) is 9.59 Å². The van der Waals surface area contributed by atoms with Crippen LogP contribution in [0.2, 0.25) is 0 Å². The van der Waals surface area contributed by atoms with Crippen molar-refractivity contribution in [1.29, 1.82) is 0 Å². The van der Waals surface area contributed by atoms with Crippen molar-refractivity contribution >= 4 is 11.8 Å². The van der Waals surface area contributed by atoms with Crippen molar-refractivity contribution in [3.8, 4) is 0 Å². The fourth-order valence-electron chi connectivity index (χ4n) is 2.32. The Morgan fingerprint density at radius 2 is 1.72 bits per heavy atom. The summed E-state index contributed by atoms with van der Waals surface area (Å²) in [5.74, 6) is 0.0191. The highest BCUT2D eigenvalue weighted by Crippen LogP contribution is 2.09. The Bertz CT molecular complexity index is 279. The molecule has 4 nitrogen and oxygen atoms in total. The van der Waals surface area contributed by atoms with Gasteiger partial charge in [0.1, 0.15) is 6.04 Å². The van der Waals surface area contributed by atoms with Gasteiger partial charge in [0.25, 0.3) is 0 Å². The molecule has 0 bridgehead atoms. The van der Waals surface area contributed by atoms with Crippen LogP contribution in [0.1, 0.15) is 58.8 Å². The van der Waals surface area contributed by atoms with Gasteiger partial charge in [-0.1, -0.05) is 45.4 Å². The second-order valence-corrected chi connectivity index (χ2v) is 5.17. The highest BCUT2D eigenvalue weighted by atomic mass is 16.2. The minimum Gasteiger partial charge on any atom is -0.343 e. The average Bonchev–Trinajstić information content (AvgIpc) is 2.33. The number of unbranched alkanes of at least 4 members (excludes halogenated alkanes) is 6. The van der Waals surface area contributed by atoms with Crippen LogP contribution in [0.25, 0.3) is 0 Å². The Morgan fingerprint density at radius 1 is 1.11 bits per heavy atom. The molecule has 1 heterocycles. The van der Waals surface area contributed by atoms with Crippen molar-refractivity contribution in [1.82, 2.24) is 10.2 Å². The summed E-state index contributed by atoms with van der Waals surface area (Å²) < 4.78 is 0. The number of carbonyl (C=O) groups is 2. The molecule has 0 spiro atoms. The molecule has 0 saturated carbocycles. The molecule has 1 fully saturated rings. The summed E-state index contributed by atoms with van der Waals surface area (Å²) >= 11 is 0. The lowest BCUT2D eigenvalue weighted by Gasteiger charge is -2.30. The van der Waals surface area contributed by atoms with Crippen molar-refractivity contribution in [2.45, 2.75) is 64.8 Å². The number of amides is 2. The summed E-state index contributed by atoms with van der Waals surface area (Å²) in [5.41, 5.74) is 0. The lowest BCUT2D eigenvalue weighted by Crippen LogP contribution is -2.56. The number of carbonyl (C=O) groups excluding carboxylic acids is 2. The van der Waals surface area contributed by atoms with Crippen molar-refractivity contribution < 1.29 is 9.59 Å². The van der Waals surface area contributed by atoms with Crippen LogP contribution in [0, 0.1) is 0 Å². The van der Waals surface area contributed by atoms with Gasteiger partial charge < -0.3 is 10.2 Å². The number of hydrogen-bond acceptors (Lipinski definition) is 2. The molecule has 1 unspecified atom stereocenters. The zero-order chi connectivity index (χ0) is 13.4. The third-order valence-corrected chi connectivity index (χ3v) is 3.43. The van der Waals surface area contributed by atoms with Gasteiger partial charge in [-0.3, -0.25) is 9.59 Å². The summed E-state index contributed by atoms with van der Waals surface area (Å²) in [6, 6.07) is -0.351. The Morgan fingerprint density at radius 3 is 2.39 bits per heavy atom. The van der Waals surface area contributed by atoms with E-state index in [2.05, 4.69) is 12.2 Å². The standard InChI is InChI=1S/C14H26N2O2/c1-3-4-5-6-7-8-9-10-16-11-13(17)15-12(2)14(16)18/h12H,3-11H2,1-2H3,(H,15,17). The number of nitrogens with one attached hydrogen (secondary N) is 1. The van der Waals surface area contributed by atoms with Gasteiger partial charge in [0, 0.05) is 6.54 Å². The fourth-order valence-corrected chi connectivity index (χ4v) is 2.32. The molecule has 4 heteroatoms. The predicted molar refractivity (Wildman–Crippen MR) is 72.2 cm³/mol. The molecule has 1 saturated heterocycles. The van der Waals surface area contributed by atoms with Crippen molar-refractivity contribution in [3.05, 3.63) is 0 Å². The SMILES string of the molecule is CCCCCCCCCN1CC(=O)NC(C)C1=O. The van der Waals surface area contributed by atoms with E-state index in [-0.39, 0.29) is 24.4 Å². The van der Waals surface area contributed by atoms with Gasteiger partial charge in [0.15, 0.2) is 0 Å². The van der Waals surface area contributed by atoms with E-state index in [1.165, 1.54) is 32.1 Å². The smallest absolute Gasteiger partial charge is 0.245 e. The molecule has 0 aliphatic carbocycles. The van der Waals surface area contributed by atoms with Crippen molar-refractivity contribution in [2.75, 3.05) is 13.1 Å². The van der Waals surface area contributed by atoms with Crippen LogP contribution in [0.4, 0.5) is 0 Å². The van der Waals surface area contributed by atoms with E-state index in [0.717, 1.165) is 19.4 Å². The monoisotopic (exact) mass is 254 g/mol. The molecule has 0 aromatic heterocycles. The van der Waals surface area contributed by atoms with Crippen LogP contribution >= 0.6 is 0 Å². The van der Waals surface area contributed by atoms with Crippen LogP contribution in [0.3, 0.4) is 0 Å². The lowest BCUT2D eigenvalue weighted by molar-refractivity contribution is -0.143. The molecule has 1 N–H and O–H groups in total. The third-order valence-electron chi connectivity index (χ3n) is 3.43. The molecule has 0 aromatic carbocycles. The van der Waals surface area contributed by atoms with Gasteiger partial charge >= 0.3 is 0 Å². The van der Waals surface area contributed by atoms with E-state index >= 15 is 0 Å². The molecule has 0 aromatic rings. The number of rotatable bonds is 8. The number of nitrogens with zero attached hydrogens (tertiary/aromatic N) is 1. The third kappa shape index (κ3) is 5.07. The van der Waals surface area contributed by atoms with Gasteiger partial charge in [-0.15, -0.1) is 0 Å². The van der Waals surface area contributed by atoms with Gasteiger partial charge in [-0.2, -0.15) is 0 Å². The zero-order valence-corrected chi connectivity index (χ0v) is 11.7. The summed E-state index contributed by atoms with van der Waals surface area (Å²) in [6.07, 6.45) is 8.61. The van der Waals surface area contributed by atoms with E-state index in [0.29, 0.717) is 0 Å². The second-order valence-electron chi connectivity index (χ2n) is 5.17. The molecule has 2 amide bonds. The molecule has 1 rings (SSSR count). The number of piperazine rings is 1. The van der Waals surface area contributed by atoms with E-state index in [1.807, 2.05) is 0 Å². The topological polar surface area (TPSA) is 49.4 Å². The quantitative estimate of drug-likeness (QED) is 0.674. The average molecular weight is 254 g/mol. The van der Waals surface area contributed by atoms with Gasteiger partial charge in [0.2, 0.25) is 11.8 Å². The highest BCUT2D eigenvalue weighted by Gasteiger charge is 2.28. The largest absolute Gasteiger partial charge is 0.343 e. The first-order valence-corrected chi connectivity index (χ1v) is 7.23. The maximum atomic E-state index is 11.8. The fraction of sp³-hybridized carbons (Fsp3) is 0.857. The molecule has 1 atom stereocenters. The normalized spacial score (nSPS) is 20.1. The zero-order valence-electron chi connectivity index (χ0n) is 11.7. The summed E-state index contributed by atoms with van der Waals surface area (Å²) in [6.45, 7) is 4.93. The molecule has 104 valence electrons. The Labute approximate surface area is 110 Å². The van der Waals surface area contributed by atoms with Gasteiger partial charge in [0.05, 0.1) is 6.54 Å². The summed E-state index contributed by atoms with van der Waals surface area (Å²) in [4.78, 5) is 24.8. The van der Waals surface area contributed by atoms with Crippen LogP contribution in [0.5, 0.6) is 0 Å². The van der Waals surface area contributed by atoms with Crippen LogP contribution in [-0.4, -0.2) is 35.8 Å². The summed E-state index contributed by atoms with van der Waals surface area (Å²) in [5, 5.41) is 2.65. The molecular formula is C14H26N2O2. The Kier molecular flexibility index (Phi) is 6.76. The second kappa shape index (κ2) is 8.11. The number of hydrogen-bond donors (Lipinski definition) is 1. The first kappa shape index (κ1) is 15.0. The van der Waals surface area contributed by atoms with E-state index < -0.39 is 0 Å². The lowest BCUT2D eigenvalue weighted by atomic mass is 10.1. The first-order chi connectivity index (χ1) is 8.65. The minimum atomic E-state index is -0.351.